The van der Waals surface area contributed by atoms with E-state index in [1.165, 1.54) is 0 Å². The van der Waals surface area contributed by atoms with Crippen molar-refractivity contribution in [3.8, 4) is 5.75 Å². The van der Waals surface area contributed by atoms with Crippen LogP contribution in [0.4, 0.5) is 0 Å². The van der Waals surface area contributed by atoms with Crippen molar-refractivity contribution in [1.29, 1.82) is 0 Å². The summed E-state index contributed by atoms with van der Waals surface area (Å²) in [4.78, 5) is 13.4. The van der Waals surface area contributed by atoms with E-state index in [0.29, 0.717) is 18.0 Å². The fourth-order valence-electron chi connectivity index (χ4n) is 2.30. The Bertz CT molecular complexity index is 701. The highest BCUT2D eigenvalue weighted by atomic mass is 35.5. The highest BCUT2D eigenvalue weighted by molar-refractivity contribution is 7.98. The summed E-state index contributed by atoms with van der Waals surface area (Å²) in [5, 5.41) is 3.70. The summed E-state index contributed by atoms with van der Waals surface area (Å²) in [7, 11) is 1.65. The van der Waals surface area contributed by atoms with E-state index in [0.717, 1.165) is 33.4 Å². The van der Waals surface area contributed by atoms with Gasteiger partial charge in [0.15, 0.2) is 0 Å². The van der Waals surface area contributed by atoms with Crippen LogP contribution in [0.3, 0.4) is 0 Å². The lowest BCUT2D eigenvalue weighted by Gasteiger charge is -2.12. The smallest absolute Gasteiger partial charge is 0.251 e. The number of nitrogens with one attached hydrogen (secondary N) is 1. The van der Waals surface area contributed by atoms with Gasteiger partial charge >= 0.3 is 0 Å². The Morgan fingerprint density at radius 1 is 1.20 bits per heavy atom. The van der Waals surface area contributed by atoms with Gasteiger partial charge in [-0.1, -0.05) is 25.4 Å². The third kappa shape index (κ3) is 6.29. The highest BCUT2D eigenvalue weighted by Gasteiger charge is 2.11. The van der Waals surface area contributed by atoms with Gasteiger partial charge in [0.1, 0.15) is 5.75 Å². The number of carbonyl (C=O) groups excluding carboxylic acids is 1. The van der Waals surface area contributed by atoms with Crippen molar-refractivity contribution < 1.29 is 9.53 Å². The second-order valence-electron chi connectivity index (χ2n) is 6.21. The molecule has 25 heavy (non-hydrogen) atoms. The number of benzene rings is 2. The van der Waals surface area contributed by atoms with Crippen LogP contribution in [0, 0.1) is 5.92 Å². The van der Waals surface area contributed by atoms with Crippen LogP contribution in [-0.4, -0.2) is 19.6 Å². The number of halogens is 1. The van der Waals surface area contributed by atoms with Crippen molar-refractivity contribution in [1.82, 2.24) is 5.32 Å². The van der Waals surface area contributed by atoms with Crippen molar-refractivity contribution in [3.63, 3.8) is 0 Å². The Labute approximate surface area is 159 Å². The first-order valence-corrected chi connectivity index (χ1v) is 9.69. The van der Waals surface area contributed by atoms with Gasteiger partial charge in [0.2, 0.25) is 0 Å². The van der Waals surface area contributed by atoms with Crippen LogP contribution in [0.25, 0.3) is 0 Å². The van der Waals surface area contributed by atoms with Gasteiger partial charge in [0.25, 0.3) is 5.91 Å². The zero-order valence-electron chi connectivity index (χ0n) is 14.8. The van der Waals surface area contributed by atoms with Crippen LogP contribution in [-0.2, 0) is 5.75 Å². The van der Waals surface area contributed by atoms with E-state index in [1.807, 2.05) is 36.4 Å². The van der Waals surface area contributed by atoms with Crippen molar-refractivity contribution >= 4 is 29.3 Å². The topological polar surface area (TPSA) is 38.3 Å². The van der Waals surface area contributed by atoms with Crippen LogP contribution < -0.4 is 10.1 Å². The van der Waals surface area contributed by atoms with Crippen LogP contribution >= 0.6 is 23.4 Å². The molecule has 0 aliphatic heterocycles. The second-order valence-corrected chi connectivity index (χ2v) is 7.69. The minimum Gasteiger partial charge on any atom is -0.496 e. The van der Waals surface area contributed by atoms with E-state index in [2.05, 4.69) is 19.2 Å². The maximum Gasteiger partial charge on any atom is 0.251 e. The molecular formula is C20H24ClNO2S. The molecule has 0 spiro atoms. The molecule has 0 fully saturated rings. The molecule has 1 amide bonds. The first kappa shape index (κ1) is 19.7. The van der Waals surface area contributed by atoms with Crippen molar-refractivity contribution in [2.24, 2.45) is 5.92 Å². The molecule has 3 nitrogen and oxygen atoms in total. The number of thioether (sulfide) groups is 1. The zero-order chi connectivity index (χ0) is 18.2. The molecule has 2 aromatic carbocycles. The summed E-state index contributed by atoms with van der Waals surface area (Å²) in [6.45, 7) is 4.98. The lowest BCUT2D eigenvalue weighted by molar-refractivity contribution is 0.0952. The van der Waals surface area contributed by atoms with Gasteiger partial charge in [-0.2, -0.15) is 0 Å². The van der Waals surface area contributed by atoms with E-state index in [1.54, 1.807) is 24.9 Å². The molecule has 0 bridgehead atoms. The third-order valence-corrected chi connectivity index (χ3v) is 5.07. The van der Waals surface area contributed by atoms with E-state index in [-0.39, 0.29) is 5.91 Å². The summed E-state index contributed by atoms with van der Waals surface area (Å²) < 4.78 is 5.43. The molecule has 2 rings (SSSR count). The average Bonchev–Trinajstić information content (AvgIpc) is 2.60. The van der Waals surface area contributed by atoms with E-state index >= 15 is 0 Å². The Balaban J connectivity index is 2.05. The minimum absolute atomic E-state index is 0.0407. The summed E-state index contributed by atoms with van der Waals surface area (Å²) in [5.41, 5.74) is 1.66. The zero-order valence-corrected chi connectivity index (χ0v) is 16.4. The number of carbonyl (C=O) groups is 1. The second kappa shape index (κ2) is 9.73. The van der Waals surface area contributed by atoms with E-state index in [4.69, 9.17) is 16.3 Å². The number of rotatable bonds is 8. The first-order chi connectivity index (χ1) is 12.0. The molecule has 0 aliphatic carbocycles. The van der Waals surface area contributed by atoms with Crippen molar-refractivity contribution in [2.45, 2.75) is 30.9 Å². The Kier molecular flexibility index (Phi) is 7.66. The third-order valence-electron chi connectivity index (χ3n) is 3.76. The Morgan fingerprint density at radius 2 is 1.92 bits per heavy atom. The number of methoxy groups -OCH3 is 1. The standard InChI is InChI=1S/C20H24ClNO2S/c1-14(2)10-11-22-20(23)15-4-9-19(24-3)16(12-15)13-25-18-7-5-17(21)6-8-18/h4-9,12,14H,10-11,13H2,1-3H3,(H,22,23). The molecule has 1 N–H and O–H groups in total. The lowest BCUT2D eigenvalue weighted by atomic mass is 10.1. The number of ether oxygens (including phenoxy) is 1. The van der Waals surface area contributed by atoms with Gasteiger partial charge in [-0.3, -0.25) is 4.79 Å². The van der Waals surface area contributed by atoms with Gasteiger partial charge in [0.05, 0.1) is 7.11 Å². The fraction of sp³-hybridized carbons (Fsp3) is 0.350. The Hall–Kier alpha value is -1.65. The SMILES string of the molecule is COc1ccc(C(=O)NCCC(C)C)cc1CSc1ccc(Cl)cc1. The molecule has 0 atom stereocenters. The number of hydrogen-bond acceptors (Lipinski definition) is 3. The van der Waals surface area contributed by atoms with Gasteiger partial charge in [-0.05, 0) is 54.8 Å². The normalized spacial score (nSPS) is 10.8. The maximum atomic E-state index is 12.3. The first-order valence-electron chi connectivity index (χ1n) is 8.33. The van der Waals surface area contributed by atoms with Crippen LogP contribution in [0.15, 0.2) is 47.4 Å². The van der Waals surface area contributed by atoms with Crippen molar-refractivity contribution in [3.05, 3.63) is 58.6 Å². The highest BCUT2D eigenvalue weighted by Crippen LogP contribution is 2.29. The molecule has 0 aliphatic rings. The van der Waals surface area contributed by atoms with E-state index < -0.39 is 0 Å². The monoisotopic (exact) mass is 377 g/mol. The van der Waals surface area contributed by atoms with Crippen LogP contribution in [0.5, 0.6) is 5.75 Å². The van der Waals surface area contributed by atoms with Gasteiger partial charge in [-0.25, -0.2) is 0 Å². The maximum absolute atomic E-state index is 12.3. The molecular weight excluding hydrogens is 354 g/mol. The molecule has 0 unspecified atom stereocenters. The average molecular weight is 378 g/mol. The lowest BCUT2D eigenvalue weighted by Crippen LogP contribution is -2.25. The molecule has 5 heteroatoms. The summed E-state index contributed by atoms with van der Waals surface area (Å²) >= 11 is 7.60. The fourth-order valence-corrected chi connectivity index (χ4v) is 3.30. The quantitative estimate of drug-likeness (QED) is 0.624. The minimum atomic E-state index is -0.0407. The number of amides is 1. The number of hydrogen-bond donors (Lipinski definition) is 1. The van der Waals surface area contributed by atoms with Gasteiger partial charge < -0.3 is 10.1 Å². The Morgan fingerprint density at radius 3 is 2.56 bits per heavy atom. The van der Waals surface area contributed by atoms with E-state index in [9.17, 15) is 4.79 Å². The van der Waals surface area contributed by atoms with Gasteiger partial charge in [-0.15, -0.1) is 11.8 Å². The molecule has 0 saturated heterocycles. The molecule has 0 saturated carbocycles. The molecule has 0 heterocycles. The molecule has 0 aromatic heterocycles. The molecule has 2 aromatic rings. The summed E-state index contributed by atoms with van der Waals surface area (Å²) in [6, 6.07) is 13.3. The van der Waals surface area contributed by atoms with Gasteiger partial charge in [0, 0.05) is 33.3 Å². The summed E-state index contributed by atoms with van der Waals surface area (Å²) in [5.74, 6) is 2.04. The summed E-state index contributed by atoms with van der Waals surface area (Å²) in [6.07, 6.45) is 0.973. The largest absolute Gasteiger partial charge is 0.496 e. The van der Waals surface area contributed by atoms with Crippen molar-refractivity contribution in [2.75, 3.05) is 13.7 Å². The van der Waals surface area contributed by atoms with Crippen LogP contribution in [0.2, 0.25) is 5.02 Å². The molecule has 134 valence electrons. The predicted molar refractivity (Wildman–Crippen MR) is 106 cm³/mol. The molecule has 0 radical (unpaired) electrons. The van der Waals surface area contributed by atoms with Crippen LogP contribution in [0.1, 0.15) is 36.2 Å². The predicted octanol–water partition coefficient (Wildman–Crippen LogP) is 5.42.